The lowest BCUT2D eigenvalue weighted by atomic mass is 10.2. The van der Waals surface area contributed by atoms with Crippen molar-refractivity contribution in [2.45, 2.75) is 35.9 Å². The lowest BCUT2D eigenvalue weighted by molar-refractivity contribution is -0.122. The molecule has 0 bridgehead atoms. The Hall–Kier alpha value is -3.38. The minimum Gasteiger partial charge on any atom is -0.454 e. The number of nitrogen functional groups attached to an aromatic ring is 1. The van der Waals surface area contributed by atoms with Gasteiger partial charge in [0, 0.05) is 41.0 Å². The lowest BCUT2D eigenvalue weighted by Crippen LogP contribution is -2.26. The van der Waals surface area contributed by atoms with Crippen LogP contribution in [-0.4, -0.2) is 43.7 Å². The number of carbonyl (C=O) groups is 1. The second-order valence-corrected chi connectivity index (χ2v) is 9.94. The number of nitrogens with one attached hydrogen (secondary N) is 1. The summed E-state index contributed by atoms with van der Waals surface area (Å²) in [5.41, 5.74) is 8.28. The van der Waals surface area contributed by atoms with Crippen molar-refractivity contribution in [3.8, 4) is 22.1 Å². The van der Waals surface area contributed by atoms with Crippen molar-refractivity contribution >= 4 is 46.0 Å². The molecule has 0 saturated heterocycles. The minimum atomic E-state index is 0.144. The summed E-state index contributed by atoms with van der Waals surface area (Å²) in [4.78, 5) is 30.7. The molecular formula is C22H21N7O3S2. The van der Waals surface area contributed by atoms with Gasteiger partial charge in [0.1, 0.15) is 11.3 Å². The van der Waals surface area contributed by atoms with E-state index in [4.69, 9.17) is 20.2 Å². The molecular weight excluding hydrogens is 474 g/mol. The van der Waals surface area contributed by atoms with Crippen molar-refractivity contribution in [2.24, 2.45) is 5.92 Å². The van der Waals surface area contributed by atoms with E-state index in [1.165, 1.54) is 18.1 Å². The van der Waals surface area contributed by atoms with Gasteiger partial charge in [-0.05, 0) is 31.4 Å². The Labute approximate surface area is 202 Å². The third kappa shape index (κ3) is 4.03. The molecule has 1 aromatic carbocycles. The van der Waals surface area contributed by atoms with Gasteiger partial charge in [-0.15, -0.1) is 11.3 Å². The van der Waals surface area contributed by atoms with E-state index in [1.54, 1.807) is 17.5 Å². The van der Waals surface area contributed by atoms with E-state index in [-0.39, 0.29) is 18.6 Å². The maximum Gasteiger partial charge on any atom is 0.231 e. The Kier molecular flexibility index (Phi) is 5.46. The number of carbonyl (C=O) groups excluding carboxylic acids is 1. The Bertz CT molecular complexity index is 1370. The number of hydrogen-bond acceptors (Lipinski definition) is 10. The highest BCUT2D eigenvalue weighted by molar-refractivity contribution is 7.99. The largest absolute Gasteiger partial charge is 0.454 e. The first-order valence-electron chi connectivity index (χ1n) is 10.9. The molecule has 0 atom stereocenters. The fourth-order valence-electron chi connectivity index (χ4n) is 3.78. The van der Waals surface area contributed by atoms with Crippen molar-refractivity contribution in [3.63, 3.8) is 0 Å². The summed E-state index contributed by atoms with van der Waals surface area (Å²) in [6, 6.07) is 3.91. The maximum atomic E-state index is 12.0. The molecule has 3 N–H and O–H groups in total. The van der Waals surface area contributed by atoms with Crippen LogP contribution in [0, 0.1) is 5.92 Å². The smallest absolute Gasteiger partial charge is 0.231 e. The van der Waals surface area contributed by atoms with Gasteiger partial charge in [0.25, 0.3) is 0 Å². The van der Waals surface area contributed by atoms with Crippen LogP contribution < -0.4 is 20.5 Å². The van der Waals surface area contributed by atoms with Gasteiger partial charge in [-0.1, -0.05) is 11.8 Å². The van der Waals surface area contributed by atoms with Gasteiger partial charge in [-0.3, -0.25) is 4.79 Å². The van der Waals surface area contributed by atoms with Crippen LogP contribution >= 0.6 is 23.1 Å². The number of aryl methyl sites for hydroxylation is 1. The zero-order valence-corrected chi connectivity index (χ0v) is 19.7. The summed E-state index contributed by atoms with van der Waals surface area (Å²) in [6.45, 7) is 1.41. The maximum absolute atomic E-state index is 12.0. The van der Waals surface area contributed by atoms with Crippen molar-refractivity contribution < 1.29 is 14.3 Å². The highest BCUT2D eigenvalue weighted by atomic mass is 32.2. The van der Waals surface area contributed by atoms with E-state index in [0.717, 1.165) is 39.9 Å². The second-order valence-electron chi connectivity index (χ2n) is 8.04. The number of fused-ring (bicyclic) bond motifs is 2. The molecule has 6 rings (SSSR count). The van der Waals surface area contributed by atoms with E-state index in [0.29, 0.717) is 41.6 Å². The van der Waals surface area contributed by atoms with Crippen molar-refractivity contribution in [1.29, 1.82) is 0 Å². The standard InChI is InChI=1S/C22H21N7O3S2/c23-18-17-19(27-10-26-18)29(6-1-4-24-20(30)12-2-3-12)22(28-17)34-16-9-15-14(31-11-32-15)8-13(16)21-25-5-7-33-21/h5,7-10,12H,1-4,6,11H2,(H,24,30)(H2,23,26,27). The van der Waals surface area contributed by atoms with Gasteiger partial charge >= 0.3 is 0 Å². The number of ether oxygens (including phenoxy) is 2. The fraction of sp³-hybridized carbons (Fsp3) is 0.318. The zero-order valence-electron chi connectivity index (χ0n) is 18.1. The topological polar surface area (TPSA) is 130 Å². The molecule has 0 unspecified atom stereocenters. The van der Waals surface area contributed by atoms with Gasteiger partial charge in [0.2, 0.25) is 12.7 Å². The molecule has 4 aromatic rings. The summed E-state index contributed by atoms with van der Waals surface area (Å²) in [5, 5.41) is 6.57. The Morgan fingerprint density at radius 1 is 1.24 bits per heavy atom. The van der Waals surface area contributed by atoms with Crippen molar-refractivity contribution in [3.05, 3.63) is 30.0 Å². The van der Waals surface area contributed by atoms with E-state index in [1.807, 2.05) is 22.1 Å². The first kappa shape index (κ1) is 21.2. The molecule has 12 heteroatoms. The molecule has 1 saturated carbocycles. The number of rotatable bonds is 8. The Morgan fingerprint density at radius 2 is 2.09 bits per heavy atom. The number of nitrogens with two attached hydrogens (primary N) is 1. The quantitative estimate of drug-likeness (QED) is 0.353. The predicted octanol–water partition coefficient (Wildman–Crippen LogP) is 3.33. The molecule has 1 aliphatic carbocycles. The number of imidazole rings is 1. The lowest BCUT2D eigenvalue weighted by Gasteiger charge is -2.11. The zero-order chi connectivity index (χ0) is 23.1. The Morgan fingerprint density at radius 3 is 2.88 bits per heavy atom. The number of anilines is 1. The van der Waals surface area contributed by atoms with Crippen LogP contribution in [0.5, 0.6) is 11.5 Å². The summed E-state index contributed by atoms with van der Waals surface area (Å²) in [5.74, 6) is 2.06. The summed E-state index contributed by atoms with van der Waals surface area (Å²) < 4.78 is 13.2. The van der Waals surface area contributed by atoms with Gasteiger partial charge < -0.3 is 25.1 Å². The fourth-order valence-corrected chi connectivity index (χ4v) is 5.57. The van der Waals surface area contributed by atoms with Gasteiger partial charge in [-0.2, -0.15) is 0 Å². The minimum absolute atomic E-state index is 0.144. The first-order valence-corrected chi connectivity index (χ1v) is 12.6. The van der Waals surface area contributed by atoms with E-state index >= 15 is 0 Å². The number of aromatic nitrogens is 5. The number of nitrogens with zero attached hydrogens (tertiary/aromatic N) is 5. The normalized spacial score (nSPS) is 14.6. The van der Waals surface area contributed by atoms with Gasteiger partial charge in [0.05, 0.1) is 0 Å². The van der Waals surface area contributed by atoms with Crippen LogP contribution in [0.4, 0.5) is 5.82 Å². The molecule has 34 heavy (non-hydrogen) atoms. The highest BCUT2D eigenvalue weighted by Crippen LogP contribution is 2.45. The van der Waals surface area contributed by atoms with Crippen LogP contribution in [0.2, 0.25) is 0 Å². The van der Waals surface area contributed by atoms with E-state index in [9.17, 15) is 4.79 Å². The third-order valence-electron chi connectivity index (χ3n) is 5.67. The number of benzene rings is 1. The van der Waals surface area contributed by atoms with Gasteiger partial charge in [0.15, 0.2) is 33.6 Å². The van der Waals surface area contributed by atoms with Crippen LogP contribution in [0.3, 0.4) is 0 Å². The van der Waals surface area contributed by atoms with Crippen LogP contribution in [0.1, 0.15) is 19.3 Å². The van der Waals surface area contributed by atoms with Gasteiger partial charge in [-0.25, -0.2) is 19.9 Å². The monoisotopic (exact) mass is 495 g/mol. The number of amides is 1. The van der Waals surface area contributed by atoms with E-state index in [2.05, 4.69) is 20.3 Å². The average Bonchev–Trinajstić information content (AvgIpc) is 3.20. The molecule has 1 amide bonds. The Balaban J connectivity index is 1.33. The van der Waals surface area contributed by atoms with Crippen LogP contribution in [0.15, 0.2) is 40.1 Å². The number of hydrogen-bond donors (Lipinski definition) is 2. The highest BCUT2D eigenvalue weighted by Gasteiger charge is 2.29. The third-order valence-corrected chi connectivity index (χ3v) is 7.53. The molecule has 10 nitrogen and oxygen atoms in total. The summed E-state index contributed by atoms with van der Waals surface area (Å²) >= 11 is 3.05. The molecule has 1 fully saturated rings. The predicted molar refractivity (Wildman–Crippen MR) is 128 cm³/mol. The second kappa shape index (κ2) is 8.76. The SMILES string of the molecule is Nc1ncnc2c1nc(Sc1cc3c(cc1-c1nccs1)OCO3)n2CCCNC(=O)C1CC1. The molecule has 1 aliphatic heterocycles. The molecule has 3 aromatic heterocycles. The molecule has 0 spiro atoms. The van der Waals surface area contributed by atoms with E-state index < -0.39 is 0 Å². The van der Waals surface area contributed by atoms with Crippen LogP contribution in [-0.2, 0) is 11.3 Å². The average molecular weight is 496 g/mol. The van der Waals surface area contributed by atoms with Crippen molar-refractivity contribution in [1.82, 2.24) is 29.8 Å². The van der Waals surface area contributed by atoms with Crippen molar-refractivity contribution in [2.75, 3.05) is 19.1 Å². The summed E-state index contributed by atoms with van der Waals surface area (Å²) in [6.07, 6.45) is 5.95. The number of thiazole rings is 1. The first-order chi connectivity index (χ1) is 16.7. The molecule has 2 aliphatic rings. The molecule has 174 valence electrons. The molecule has 4 heterocycles. The van der Waals surface area contributed by atoms with Crippen LogP contribution in [0.25, 0.3) is 21.7 Å². The summed E-state index contributed by atoms with van der Waals surface area (Å²) in [7, 11) is 0. The molecule has 0 radical (unpaired) electrons.